The second kappa shape index (κ2) is 8.71. The Balaban J connectivity index is 2.17. The minimum atomic E-state index is 0.855. The minimum Gasteiger partial charge on any atom is -0.464 e. The van der Waals surface area contributed by atoms with Crippen molar-refractivity contribution in [3.63, 3.8) is 0 Å². The topological polar surface area (TPSA) is 25.2 Å². The van der Waals surface area contributed by atoms with Gasteiger partial charge < -0.3 is 9.73 Å². The number of hydrogen-bond donors (Lipinski definition) is 1. The van der Waals surface area contributed by atoms with Crippen LogP contribution in [0.2, 0.25) is 0 Å². The quantitative estimate of drug-likeness (QED) is 0.665. The number of unbranched alkanes of at least 4 members (excludes halogenated alkanes) is 1. The molecule has 0 atom stereocenters. The molecule has 0 amide bonds. The number of thioether (sulfide) groups is 1. The zero-order chi connectivity index (χ0) is 11.6. The molecule has 0 bridgehead atoms. The Bertz CT molecular complexity index is 273. The predicted molar refractivity (Wildman–Crippen MR) is 71.8 cm³/mol. The SMILES string of the molecule is CCCCSCc1ccc(CNCCC)o1. The maximum Gasteiger partial charge on any atom is 0.117 e. The smallest absolute Gasteiger partial charge is 0.117 e. The van der Waals surface area contributed by atoms with Gasteiger partial charge in [0.1, 0.15) is 11.5 Å². The van der Waals surface area contributed by atoms with Crippen LogP contribution in [0.4, 0.5) is 0 Å². The molecular formula is C13H23NOS. The van der Waals surface area contributed by atoms with Gasteiger partial charge in [-0.3, -0.25) is 0 Å². The van der Waals surface area contributed by atoms with E-state index in [9.17, 15) is 0 Å². The molecule has 1 aromatic rings. The molecule has 0 saturated heterocycles. The summed E-state index contributed by atoms with van der Waals surface area (Å²) in [5.74, 6) is 4.41. The highest BCUT2D eigenvalue weighted by atomic mass is 32.2. The van der Waals surface area contributed by atoms with Crippen LogP contribution in [0.1, 0.15) is 44.6 Å². The lowest BCUT2D eigenvalue weighted by Gasteiger charge is -2.00. The van der Waals surface area contributed by atoms with E-state index in [1.165, 1.54) is 25.0 Å². The third-order valence-corrected chi connectivity index (χ3v) is 3.40. The van der Waals surface area contributed by atoms with Crippen molar-refractivity contribution in [3.8, 4) is 0 Å². The molecule has 1 N–H and O–H groups in total. The van der Waals surface area contributed by atoms with Crippen molar-refractivity contribution in [2.45, 2.75) is 45.4 Å². The zero-order valence-corrected chi connectivity index (χ0v) is 11.2. The van der Waals surface area contributed by atoms with Gasteiger partial charge in [-0.05, 0) is 37.3 Å². The summed E-state index contributed by atoms with van der Waals surface area (Å²) in [5.41, 5.74) is 0. The van der Waals surface area contributed by atoms with Gasteiger partial charge in [-0.25, -0.2) is 0 Å². The van der Waals surface area contributed by atoms with Gasteiger partial charge in [0.2, 0.25) is 0 Å². The summed E-state index contributed by atoms with van der Waals surface area (Å²) in [7, 11) is 0. The van der Waals surface area contributed by atoms with E-state index in [-0.39, 0.29) is 0 Å². The van der Waals surface area contributed by atoms with Gasteiger partial charge in [0.25, 0.3) is 0 Å². The number of rotatable bonds is 9. The summed E-state index contributed by atoms with van der Waals surface area (Å²) in [6.45, 7) is 6.31. The molecule has 0 fully saturated rings. The van der Waals surface area contributed by atoms with Crippen molar-refractivity contribution in [1.82, 2.24) is 5.32 Å². The Hall–Kier alpha value is -0.410. The normalized spacial score (nSPS) is 10.9. The Labute approximate surface area is 103 Å². The van der Waals surface area contributed by atoms with E-state index >= 15 is 0 Å². The van der Waals surface area contributed by atoms with Gasteiger partial charge in [-0.15, -0.1) is 0 Å². The molecule has 0 saturated carbocycles. The van der Waals surface area contributed by atoms with Crippen LogP contribution in [-0.2, 0) is 12.3 Å². The molecule has 3 heteroatoms. The first kappa shape index (κ1) is 13.7. The monoisotopic (exact) mass is 241 g/mol. The molecule has 92 valence electrons. The lowest BCUT2D eigenvalue weighted by atomic mass is 10.4. The molecule has 0 aromatic carbocycles. The summed E-state index contributed by atoms with van der Waals surface area (Å²) in [5, 5.41) is 3.34. The van der Waals surface area contributed by atoms with E-state index in [0.717, 1.165) is 30.4 Å². The molecule has 0 spiro atoms. The highest BCUT2D eigenvalue weighted by molar-refractivity contribution is 7.98. The lowest BCUT2D eigenvalue weighted by molar-refractivity contribution is 0.459. The van der Waals surface area contributed by atoms with E-state index in [0.29, 0.717) is 0 Å². The fourth-order valence-corrected chi connectivity index (χ4v) is 2.40. The first-order valence-electron chi connectivity index (χ1n) is 6.22. The van der Waals surface area contributed by atoms with Crippen molar-refractivity contribution in [2.24, 2.45) is 0 Å². The summed E-state index contributed by atoms with van der Waals surface area (Å²) in [4.78, 5) is 0. The molecule has 0 radical (unpaired) electrons. The summed E-state index contributed by atoms with van der Waals surface area (Å²) < 4.78 is 5.73. The minimum absolute atomic E-state index is 0.855. The number of furan rings is 1. The summed E-state index contributed by atoms with van der Waals surface area (Å²) in [6.07, 6.45) is 3.74. The standard InChI is InChI=1S/C13H23NOS/c1-3-5-9-16-11-13-7-6-12(15-13)10-14-8-4-2/h6-7,14H,3-5,8-11H2,1-2H3. The van der Waals surface area contributed by atoms with Gasteiger partial charge >= 0.3 is 0 Å². The lowest BCUT2D eigenvalue weighted by Crippen LogP contribution is -2.12. The molecule has 2 nitrogen and oxygen atoms in total. The maximum atomic E-state index is 5.73. The molecule has 16 heavy (non-hydrogen) atoms. The highest BCUT2D eigenvalue weighted by Crippen LogP contribution is 2.16. The van der Waals surface area contributed by atoms with Crippen LogP contribution in [0, 0.1) is 0 Å². The van der Waals surface area contributed by atoms with Crippen molar-refractivity contribution in [1.29, 1.82) is 0 Å². The molecule has 0 aliphatic heterocycles. The van der Waals surface area contributed by atoms with Crippen LogP contribution < -0.4 is 5.32 Å². The first-order valence-corrected chi connectivity index (χ1v) is 7.38. The second-order valence-corrected chi connectivity index (χ2v) is 5.06. The van der Waals surface area contributed by atoms with Gasteiger partial charge in [-0.1, -0.05) is 20.3 Å². The van der Waals surface area contributed by atoms with Crippen molar-refractivity contribution in [2.75, 3.05) is 12.3 Å². The molecule has 1 aromatic heterocycles. The fraction of sp³-hybridized carbons (Fsp3) is 0.692. The first-order chi connectivity index (χ1) is 7.86. The Morgan fingerprint density at radius 3 is 2.75 bits per heavy atom. The van der Waals surface area contributed by atoms with E-state index < -0.39 is 0 Å². The largest absolute Gasteiger partial charge is 0.464 e. The summed E-state index contributed by atoms with van der Waals surface area (Å²) in [6, 6.07) is 4.18. The molecule has 1 heterocycles. The third-order valence-electron chi connectivity index (χ3n) is 2.33. The van der Waals surface area contributed by atoms with E-state index in [2.05, 4.69) is 31.3 Å². The average molecular weight is 241 g/mol. The van der Waals surface area contributed by atoms with Crippen LogP contribution in [0.15, 0.2) is 16.5 Å². The van der Waals surface area contributed by atoms with Crippen LogP contribution in [0.5, 0.6) is 0 Å². The van der Waals surface area contributed by atoms with Gasteiger partial charge in [0.15, 0.2) is 0 Å². The van der Waals surface area contributed by atoms with Crippen LogP contribution in [-0.4, -0.2) is 12.3 Å². The van der Waals surface area contributed by atoms with E-state index in [4.69, 9.17) is 4.42 Å². The fourth-order valence-electron chi connectivity index (χ4n) is 1.40. The Morgan fingerprint density at radius 1 is 1.19 bits per heavy atom. The average Bonchev–Trinajstić information content (AvgIpc) is 2.73. The van der Waals surface area contributed by atoms with Gasteiger partial charge in [0, 0.05) is 0 Å². The molecule has 0 aliphatic carbocycles. The predicted octanol–water partition coefficient (Wildman–Crippen LogP) is 3.81. The zero-order valence-electron chi connectivity index (χ0n) is 10.4. The van der Waals surface area contributed by atoms with Gasteiger partial charge in [-0.2, -0.15) is 11.8 Å². The highest BCUT2D eigenvalue weighted by Gasteiger charge is 2.01. The van der Waals surface area contributed by atoms with E-state index in [1.54, 1.807) is 0 Å². The molecular weight excluding hydrogens is 218 g/mol. The van der Waals surface area contributed by atoms with Crippen LogP contribution in [0.3, 0.4) is 0 Å². The number of hydrogen-bond acceptors (Lipinski definition) is 3. The summed E-state index contributed by atoms with van der Waals surface area (Å²) >= 11 is 1.96. The van der Waals surface area contributed by atoms with Crippen molar-refractivity contribution in [3.05, 3.63) is 23.7 Å². The van der Waals surface area contributed by atoms with Crippen LogP contribution >= 0.6 is 11.8 Å². The van der Waals surface area contributed by atoms with E-state index in [1.807, 2.05) is 11.8 Å². The Kier molecular flexibility index (Phi) is 7.43. The molecule has 0 unspecified atom stereocenters. The number of nitrogens with one attached hydrogen (secondary N) is 1. The molecule has 1 rings (SSSR count). The second-order valence-electron chi connectivity index (χ2n) is 3.95. The molecule has 0 aliphatic rings. The van der Waals surface area contributed by atoms with Gasteiger partial charge in [0.05, 0.1) is 12.3 Å². The Morgan fingerprint density at radius 2 is 2.00 bits per heavy atom. The van der Waals surface area contributed by atoms with Crippen LogP contribution in [0.25, 0.3) is 0 Å². The van der Waals surface area contributed by atoms with Crippen molar-refractivity contribution >= 4 is 11.8 Å². The van der Waals surface area contributed by atoms with Crippen molar-refractivity contribution < 1.29 is 4.42 Å². The maximum absolute atomic E-state index is 5.73. The third kappa shape index (κ3) is 5.61.